The zero-order valence-corrected chi connectivity index (χ0v) is 14.2. The maximum atomic E-state index is 12.3. The highest BCUT2D eigenvalue weighted by atomic mass is 16.5. The Hall–Kier alpha value is -0.610. The summed E-state index contributed by atoms with van der Waals surface area (Å²) in [6.45, 7) is 12.3. The Morgan fingerprint density at radius 1 is 1.43 bits per heavy atom. The number of likely N-dealkylation sites (tertiary alicyclic amines) is 1. The van der Waals surface area contributed by atoms with E-state index in [0.717, 1.165) is 26.1 Å². The summed E-state index contributed by atoms with van der Waals surface area (Å²) in [6, 6.07) is 0.511. The zero-order valence-electron chi connectivity index (χ0n) is 14.2. The first-order valence-electron chi connectivity index (χ1n) is 8.52. The van der Waals surface area contributed by atoms with Crippen LogP contribution < -0.4 is 5.32 Å². The van der Waals surface area contributed by atoms with Crippen molar-refractivity contribution in [1.82, 2.24) is 10.2 Å². The molecule has 0 spiro atoms. The van der Waals surface area contributed by atoms with E-state index in [0.29, 0.717) is 18.1 Å². The highest BCUT2D eigenvalue weighted by molar-refractivity contribution is 5.80. The molecular formula is C17H32N2O2. The minimum atomic E-state index is -0.529. The van der Waals surface area contributed by atoms with Gasteiger partial charge in [-0.3, -0.25) is 10.1 Å². The van der Waals surface area contributed by atoms with E-state index in [1.807, 2.05) is 13.8 Å². The predicted molar refractivity (Wildman–Crippen MR) is 85.3 cm³/mol. The molecule has 1 heterocycles. The van der Waals surface area contributed by atoms with Gasteiger partial charge in [-0.05, 0) is 57.9 Å². The Balaban J connectivity index is 1.90. The maximum Gasteiger partial charge on any atom is 0.326 e. The van der Waals surface area contributed by atoms with Crippen LogP contribution in [0.15, 0.2) is 0 Å². The van der Waals surface area contributed by atoms with E-state index in [1.54, 1.807) is 0 Å². The number of hydrogen-bond donors (Lipinski definition) is 1. The van der Waals surface area contributed by atoms with Crippen molar-refractivity contribution < 1.29 is 9.53 Å². The Kier molecular flexibility index (Phi) is 5.31. The van der Waals surface area contributed by atoms with Gasteiger partial charge in [0, 0.05) is 19.1 Å². The van der Waals surface area contributed by atoms with Crippen molar-refractivity contribution in [2.75, 3.05) is 26.2 Å². The molecule has 0 radical (unpaired) electrons. The van der Waals surface area contributed by atoms with Crippen LogP contribution >= 0.6 is 0 Å². The minimum absolute atomic E-state index is 0.0897. The molecular weight excluding hydrogens is 264 g/mol. The van der Waals surface area contributed by atoms with Gasteiger partial charge in [-0.2, -0.15) is 0 Å². The van der Waals surface area contributed by atoms with Gasteiger partial charge in [0.15, 0.2) is 0 Å². The lowest BCUT2D eigenvalue weighted by atomic mass is 9.84. The number of hydrogen-bond acceptors (Lipinski definition) is 4. The number of nitrogens with one attached hydrogen (secondary N) is 1. The fourth-order valence-corrected chi connectivity index (χ4v) is 3.32. The Bertz CT molecular complexity index is 366. The Morgan fingerprint density at radius 3 is 2.71 bits per heavy atom. The van der Waals surface area contributed by atoms with Gasteiger partial charge in [-0.15, -0.1) is 0 Å². The molecule has 21 heavy (non-hydrogen) atoms. The summed E-state index contributed by atoms with van der Waals surface area (Å²) in [5.41, 5.74) is -0.124. The molecule has 0 bridgehead atoms. The smallest absolute Gasteiger partial charge is 0.326 e. The van der Waals surface area contributed by atoms with Gasteiger partial charge in [0.25, 0.3) is 0 Å². The normalized spacial score (nSPS) is 25.3. The molecule has 0 amide bonds. The van der Waals surface area contributed by atoms with Gasteiger partial charge in [0.05, 0.1) is 6.61 Å². The fourth-order valence-electron chi connectivity index (χ4n) is 3.32. The molecule has 1 saturated heterocycles. The third kappa shape index (κ3) is 4.96. The number of esters is 1. The minimum Gasteiger partial charge on any atom is -0.465 e. The molecule has 1 N–H and O–H groups in total. The van der Waals surface area contributed by atoms with Crippen LogP contribution in [0.5, 0.6) is 0 Å². The van der Waals surface area contributed by atoms with Crippen LogP contribution in [-0.4, -0.2) is 48.7 Å². The first kappa shape index (κ1) is 16.8. The van der Waals surface area contributed by atoms with Gasteiger partial charge in [-0.1, -0.05) is 13.8 Å². The highest BCUT2D eigenvalue weighted by Crippen LogP contribution is 2.30. The molecule has 1 atom stereocenters. The van der Waals surface area contributed by atoms with Crippen LogP contribution in [0.25, 0.3) is 0 Å². The molecule has 2 aliphatic rings. The van der Waals surface area contributed by atoms with Crippen molar-refractivity contribution in [3.05, 3.63) is 0 Å². The standard InChI is InChI=1S/C17H32N2O2/c1-5-21-15(20)17(4,18-14-7-8-14)10-12-19-11-6-9-16(2,3)13-19/h14,18H,5-13H2,1-4H3. The number of carbonyl (C=O) groups is 1. The lowest BCUT2D eigenvalue weighted by Gasteiger charge is -2.39. The average molecular weight is 296 g/mol. The van der Waals surface area contributed by atoms with Crippen LogP contribution in [0.3, 0.4) is 0 Å². The monoisotopic (exact) mass is 296 g/mol. The number of carbonyl (C=O) groups excluding carboxylic acids is 1. The predicted octanol–water partition coefficient (Wildman–Crippen LogP) is 2.57. The molecule has 0 aromatic rings. The van der Waals surface area contributed by atoms with Crippen molar-refractivity contribution in [1.29, 1.82) is 0 Å². The van der Waals surface area contributed by atoms with Crippen LogP contribution in [0.4, 0.5) is 0 Å². The Labute approximate surface area is 129 Å². The van der Waals surface area contributed by atoms with Crippen molar-refractivity contribution in [3.8, 4) is 0 Å². The van der Waals surface area contributed by atoms with Crippen molar-refractivity contribution >= 4 is 5.97 Å². The molecule has 2 rings (SSSR count). The highest BCUT2D eigenvalue weighted by Gasteiger charge is 2.40. The molecule has 1 aliphatic carbocycles. The quantitative estimate of drug-likeness (QED) is 0.733. The molecule has 2 fully saturated rings. The second-order valence-corrected chi connectivity index (χ2v) is 7.77. The summed E-state index contributed by atoms with van der Waals surface area (Å²) in [5.74, 6) is -0.0897. The van der Waals surface area contributed by atoms with E-state index < -0.39 is 5.54 Å². The third-order valence-electron chi connectivity index (χ3n) is 4.73. The summed E-state index contributed by atoms with van der Waals surface area (Å²) in [5, 5.41) is 3.51. The van der Waals surface area contributed by atoms with E-state index in [-0.39, 0.29) is 5.97 Å². The van der Waals surface area contributed by atoms with Crippen molar-refractivity contribution in [3.63, 3.8) is 0 Å². The molecule has 4 nitrogen and oxygen atoms in total. The average Bonchev–Trinajstić information content (AvgIpc) is 3.19. The summed E-state index contributed by atoms with van der Waals surface area (Å²) in [7, 11) is 0. The summed E-state index contributed by atoms with van der Waals surface area (Å²) < 4.78 is 5.30. The summed E-state index contributed by atoms with van der Waals surface area (Å²) >= 11 is 0. The maximum absolute atomic E-state index is 12.3. The van der Waals surface area contributed by atoms with Gasteiger partial charge in [0.2, 0.25) is 0 Å². The third-order valence-corrected chi connectivity index (χ3v) is 4.73. The molecule has 1 saturated carbocycles. The second kappa shape index (κ2) is 6.66. The SMILES string of the molecule is CCOC(=O)C(C)(CCN1CCCC(C)(C)C1)NC1CC1. The molecule has 4 heteroatoms. The lowest BCUT2D eigenvalue weighted by molar-refractivity contribution is -0.151. The van der Waals surface area contributed by atoms with Crippen LogP contribution in [0.2, 0.25) is 0 Å². The van der Waals surface area contributed by atoms with E-state index >= 15 is 0 Å². The van der Waals surface area contributed by atoms with Gasteiger partial charge in [0.1, 0.15) is 5.54 Å². The van der Waals surface area contributed by atoms with Crippen molar-refractivity contribution in [2.24, 2.45) is 5.41 Å². The largest absolute Gasteiger partial charge is 0.465 e. The van der Waals surface area contributed by atoms with E-state index in [9.17, 15) is 4.79 Å². The summed E-state index contributed by atoms with van der Waals surface area (Å²) in [4.78, 5) is 14.8. The van der Waals surface area contributed by atoms with Crippen LogP contribution in [-0.2, 0) is 9.53 Å². The van der Waals surface area contributed by atoms with E-state index in [4.69, 9.17) is 4.74 Å². The lowest BCUT2D eigenvalue weighted by Crippen LogP contribution is -2.54. The number of rotatable bonds is 7. The molecule has 1 aliphatic heterocycles. The molecule has 1 unspecified atom stereocenters. The van der Waals surface area contributed by atoms with Gasteiger partial charge < -0.3 is 9.64 Å². The van der Waals surface area contributed by atoms with Crippen LogP contribution in [0.1, 0.15) is 59.8 Å². The number of piperidine rings is 1. The number of ether oxygens (including phenoxy) is 1. The molecule has 122 valence electrons. The zero-order chi connectivity index (χ0) is 15.5. The van der Waals surface area contributed by atoms with E-state index in [1.165, 1.54) is 25.7 Å². The Morgan fingerprint density at radius 2 is 2.14 bits per heavy atom. The molecule has 0 aromatic heterocycles. The first-order chi connectivity index (χ1) is 9.85. The fraction of sp³-hybridized carbons (Fsp3) is 0.941. The van der Waals surface area contributed by atoms with Crippen molar-refractivity contribution in [2.45, 2.75) is 71.4 Å². The van der Waals surface area contributed by atoms with E-state index in [2.05, 4.69) is 24.1 Å². The van der Waals surface area contributed by atoms with Gasteiger partial charge in [-0.25, -0.2) is 0 Å². The second-order valence-electron chi connectivity index (χ2n) is 7.77. The summed E-state index contributed by atoms with van der Waals surface area (Å²) in [6.07, 6.45) is 5.77. The van der Waals surface area contributed by atoms with Gasteiger partial charge >= 0.3 is 5.97 Å². The topological polar surface area (TPSA) is 41.6 Å². The van der Waals surface area contributed by atoms with Crippen LogP contribution in [0, 0.1) is 5.41 Å². The first-order valence-corrected chi connectivity index (χ1v) is 8.52. The number of nitrogens with zero attached hydrogens (tertiary/aromatic N) is 1. The molecule has 0 aromatic carbocycles.